The van der Waals surface area contributed by atoms with E-state index in [-0.39, 0.29) is 17.7 Å². The molecule has 0 atom stereocenters. The van der Waals surface area contributed by atoms with Crippen molar-refractivity contribution < 1.29 is 9.59 Å². The molecule has 1 aliphatic rings. The maximum Gasteiger partial charge on any atom is 0.293 e. The number of hydrogen-bond donors (Lipinski definition) is 0. The first-order valence-electron chi connectivity index (χ1n) is 11.7. The zero-order chi connectivity index (χ0) is 25.5. The molecule has 1 aliphatic heterocycles. The molecule has 0 spiro atoms. The second-order valence-corrected chi connectivity index (χ2v) is 10.6. The van der Waals surface area contributed by atoms with Gasteiger partial charge in [-0.2, -0.15) is 0 Å². The van der Waals surface area contributed by atoms with Gasteiger partial charge in [0.15, 0.2) is 0 Å². The Kier molecular flexibility index (Phi) is 6.29. The van der Waals surface area contributed by atoms with Crippen LogP contribution in [-0.2, 0) is 17.9 Å². The van der Waals surface area contributed by atoms with E-state index >= 15 is 0 Å². The second-order valence-electron chi connectivity index (χ2n) is 8.84. The van der Waals surface area contributed by atoms with E-state index in [1.54, 1.807) is 24.3 Å². The van der Waals surface area contributed by atoms with Crippen molar-refractivity contribution in [2.24, 2.45) is 0 Å². The Morgan fingerprint density at radius 1 is 0.757 bits per heavy atom. The first-order valence-corrected chi connectivity index (χ1v) is 13.3. The van der Waals surface area contributed by atoms with Gasteiger partial charge < -0.3 is 4.57 Å². The molecule has 0 unspecified atom stereocenters. The van der Waals surface area contributed by atoms with E-state index in [4.69, 9.17) is 23.2 Å². The van der Waals surface area contributed by atoms with Gasteiger partial charge in [-0.15, -0.1) is 0 Å². The number of carbonyl (C=O) groups excluding carboxylic acids is 2. The summed E-state index contributed by atoms with van der Waals surface area (Å²) >= 11 is 13.5. The molecule has 182 valence electrons. The number of carbonyl (C=O) groups is 2. The van der Waals surface area contributed by atoms with Crippen LogP contribution in [0, 0.1) is 0 Å². The summed E-state index contributed by atoms with van der Waals surface area (Å²) in [5.74, 6) is -0.350. The fraction of sp³-hybridized carbons (Fsp3) is 0.0667. The van der Waals surface area contributed by atoms with Gasteiger partial charge in [0.05, 0.1) is 11.4 Å². The summed E-state index contributed by atoms with van der Waals surface area (Å²) in [4.78, 5) is 27.6. The quantitative estimate of drug-likeness (QED) is 0.209. The van der Waals surface area contributed by atoms with Crippen molar-refractivity contribution in [2.45, 2.75) is 13.1 Å². The largest absolute Gasteiger partial charge is 0.342 e. The maximum absolute atomic E-state index is 13.3. The van der Waals surface area contributed by atoms with Gasteiger partial charge in [-0.3, -0.25) is 14.5 Å². The number of rotatable bonds is 5. The van der Waals surface area contributed by atoms with Crippen molar-refractivity contribution in [3.63, 3.8) is 0 Å². The van der Waals surface area contributed by atoms with Crippen LogP contribution in [-0.4, -0.2) is 20.6 Å². The summed E-state index contributed by atoms with van der Waals surface area (Å²) in [5, 5.41) is 3.93. The zero-order valence-electron chi connectivity index (χ0n) is 19.5. The number of nitrogens with zero attached hydrogens (tertiary/aromatic N) is 2. The number of aromatic nitrogens is 1. The van der Waals surface area contributed by atoms with Crippen LogP contribution in [0.2, 0.25) is 10.0 Å². The van der Waals surface area contributed by atoms with Gasteiger partial charge in [-0.05, 0) is 52.4 Å². The van der Waals surface area contributed by atoms with Gasteiger partial charge in [-0.1, -0.05) is 89.9 Å². The monoisotopic (exact) mass is 542 g/mol. The Morgan fingerprint density at radius 2 is 1.43 bits per heavy atom. The number of para-hydroxylation sites is 1. The van der Waals surface area contributed by atoms with E-state index in [0.717, 1.165) is 28.2 Å². The molecule has 7 heteroatoms. The Balaban J connectivity index is 1.35. The second kappa shape index (κ2) is 9.75. The third kappa shape index (κ3) is 4.44. The average molecular weight is 543 g/mol. The number of hydrogen-bond acceptors (Lipinski definition) is 3. The zero-order valence-corrected chi connectivity index (χ0v) is 21.9. The topological polar surface area (TPSA) is 42.3 Å². The predicted octanol–water partition coefficient (Wildman–Crippen LogP) is 8.39. The smallest absolute Gasteiger partial charge is 0.293 e. The Labute approximate surface area is 228 Å². The molecule has 0 N–H and O–H groups in total. The molecule has 2 heterocycles. The van der Waals surface area contributed by atoms with Crippen LogP contribution in [0.15, 0.2) is 96.0 Å². The molecule has 1 fully saturated rings. The van der Waals surface area contributed by atoms with Crippen LogP contribution in [0.25, 0.3) is 27.8 Å². The van der Waals surface area contributed by atoms with Gasteiger partial charge in [0.2, 0.25) is 0 Å². The first kappa shape index (κ1) is 23.9. The van der Waals surface area contributed by atoms with Crippen LogP contribution >= 0.6 is 35.0 Å². The number of imide groups is 1. The highest BCUT2D eigenvalue weighted by Gasteiger charge is 2.36. The molecule has 0 radical (unpaired) electrons. The summed E-state index contributed by atoms with van der Waals surface area (Å²) in [6.07, 6.45) is 3.85. The Hall–Kier alpha value is -3.51. The van der Waals surface area contributed by atoms with Gasteiger partial charge in [-0.25, -0.2) is 0 Å². The Bertz CT molecular complexity index is 1720. The molecule has 0 saturated carbocycles. The Morgan fingerprint density at radius 3 is 2.24 bits per heavy atom. The van der Waals surface area contributed by atoms with Crippen LogP contribution in [0.3, 0.4) is 0 Å². The molecule has 6 rings (SSSR count). The van der Waals surface area contributed by atoms with Gasteiger partial charge >= 0.3 is 0 Å². The van der Waals surface area contributed by atoms with Gasteiger partial charge in [0, 0.05) is 44.8 Å². The number of halogens is 2. The van der Waals surface area contributed by atoms with E-state index < -0.39 is 0 Å². The number of benzene rings is 4. The van der Waals surface area contributed by atoms with Crippen LogP contribution in [0.1, 0.15) is 16.7 Å². The highest BCUT2D eigenvalue weighted by molar-refractivity contribution is 8.18. The summed E-state index contributed by atoms with van der Waals surface area (Å²) in [5.41, 5.74) is 3.71. The summed E-state index contributed by atoms with van der Waals surface area (Å²) in [6.45, 7) is 0.714. The van der Waals surface area contributed by atoms with Crippen molar-refractivity contribution >= 4 is 73.9 Å². The van der Waals surface area contributed by atoms with Crippen LogP contribution in [0.5, 0.6) is 0 Å². The third-order valence-electron chi connectivity index (χ3n) is 6.58. The number of fused-ring (bicyclic) bond motifs is 2. The number of thioether (sulfide) groups is 1. The molecule has 0 bridgehead atoms. The third-order valence-corrected chi connectivity index (χ3v) is 8.19. The lowest BCUT2D eigenvalue weighted by Crippen LogP contribution is -2.27. The molecule has 37 heavy (non-hydrogen) atoms. The molecule has 4 nitrogen and oxygen atoms in total. The summed E-state index contributed by atoms with van der Waals surface area (Å²) in [7, 11) is 0. The van der Waals surface area contributed by atoms with E-state index in [0.29, 0.717) is 27.1 Å². The lowest BCUT2D eigenvalue weighted by Gasteiger charge is -2.14. The fourth-order valence-corrected chi connectivity index (χ4v) is 6.10. The van der Waals surface area contributed by atoms with Gasteiger partial charge in [0.25, 0.3) is 11.1 Å². The lowest BCUT2D eigenvalue weighted by molar-refractivity contribution is -0.123. The molecule has 2 amide bonds. The van der Waals surface area contributed by atoms with E-state index in [1.807, 2.05) is 30.5 Å². The van der Waals surface area contributed by atoms with Crippen LogP contribution in [0.4, 0.5) is 4.79 Å². The van der Waals surface area contributed by atoms with E-state index in [1.165, 1.54) is 21.2 Å². The molecule has 0 aliphatic carbocycles. The van der Waals surface area contributed by atoms with Gasteiger partial charge in [0.1, 0.15) is 0 Å². The molecular weight excluding hydrogens is 523 g/mol. The molecule has 5 aromatic rings. The standard InChI is InChI=1S/C30H20Cl2N2O2S/c31-25-12-6-13-26(32)24(25)18-34-29(35)28(37-30(34)36)15-21-17-33(27-14-4-3-11-23(21)27)16-20-9-5-8-19-7-1-2-10-22(19)20/h1-15,17H,16,18H2/b28-15-. The van der Waals surface area contributed by atoms with Crippen molar-refractivity contribution in [2.75, 3.05) is 0 Å². The normalized spacial score (nSPS) is 15.0. The molecule has 1 aromatic heterocycles. The van der Waals surface area contributed by atoms with Crippen molar-refractivity contribution in [3.05, 3.63) is 123 Å². The van der Waals surface area contributed by atoms with Crippen LogP contribution < -0.4 is 0 Å². The molecule has 1 saturated heterocycles. The minimum absolute atomic E-state index is 0.0311. The van der Waals surface area contributed by atoms with Crippen molar-refractivity contribution in [1.29, 1.82) is 0 Å². The van der Waals surface area contributed by atoms with E-state index in [2.05, 4.69) is 47.0 Å². The van der Waals surface area contributed by atoms with E-state index in [9.17, 15) is 9.59 Å². The highest BCUT2D eigenvalue weighted by atomic mass is 35.5. The summed E-state index contributed by atoms with van der Waals surface area (Å²) < 4.78 is 2.19. The molecular formula is C30H20Cl2N2O2S. The lowest BCUT2D eigenvalue weighted by atomic mass is 10.0. The minimum atomic E-state index is -0.350. The first-order chi connectivity index (χ1) is 18.0. The minimum Gasteiger partial charge on any atom is -0.342 e. The van der Waals surface area contributed by atoms with Crippen molar-refractivity contribution in [1.82, 2.24) is 9.47 Å². The van der Waals surface area contributed by atoms with Crippen molar-refractivity contribution in [3.8, 4) is 0 Å². The molecule has 4 aromatic carbocycles. The highest BCUT2D eigenvalue weighted by Crippen LogP contribution is 2.37. The average Bonchev–Trinajstić information content (AvgIpc) is 3.38. The number of amides is 2. The summed E-state index contributed by atoms with van der Waals surface area (Å²) in [6, 6.07) is 27.9. The SMILES string of the molecule is O=C1S/C(=C\c2cn(Cc3cccc4ccccc34)c3ccccc23)C(=O)N1Cc1c(Cl)cccc1Cl. The predicted molar refractivity (Wildman–Crippen MR) is 153 cm³/mol. The maximum atomic E-state index is 13.3. The fourth-order valence-electron chi connectivity index (χ4n) is 4.75.